The lowest BCUT2D eigenvalue weighted by molar-refractivity contribution is -0.133. The number of aromatic nitrogens is 5. The van der Waals surface area contributed by atoms with Gasteiger partial charge in [0, 0.05) is 60.9 Å². The normalized spacial score (nSPS) is 20.9. The van der Waals surface area contributed by atoms with Gasteiger partial charge in [0.05, 0.1) is 28.7 Å². The van der Waals surface area contributed by atoms with Gasteiger partial charge in [0.25, 0.3) is 0 Å². The first-order valence-electron chi connectivity index (χ1n) is 12.7. The maximum atomic E-state index is 12.1. The van der Waals surface area contributed by atoms with Crippen LogP contribution in [0.5, 0.6) is 0 Å². The van der Waals surface area contributed by atoms with Gasteiger partial charge in [0.2, 0.25) is 5.91 Å². The molecule has 10 nitrogen and oxygen atoms in total. The van der Waals surface area contributed by atoms with Gasteiger partial charge < -0.3 is 14.7 Å². The first kappa shape index (κ1) is 23.2. The predicted octanol–water partition coefficient (Wildman–Crippen LogP) is 4.42. The SMILES string of the molecule is CC(=O)N1C2CCC1CC(c1cc(-c3cnc(-n4ncc5cc(C#N)cnc54)cc3NC(C)C)on1)C2. The Hall–Kier alpha value is -4.26. The highest BCUT2D eigenvalue weighted by molar-refractivity contribution is 5.79. The maximum Gasteiger partial charge on any atom is 0.219 e. The molecule has 0 spiro atoms. The van der Waals surface area contributed by atoms with E-state index in [-0.39, 0.29) is 17.9 Å². The zero-order valence-corrected chi connectivity index (χ0v) is 21.0. The van der Waals surface area contributed by atoms with E-state index in [1.807, 2.05) is 12.1 Å². The average molecular weight is 497 g/mol. The van der Waals surface area contributed by atoms with Crippen molar-refractivity contribution in [1.82, 2.24) is 29.8 Å². The number of nitriles is 1. The Bertz CT molecular complexity index is 1520. The predicted molar refractivity (Wildman–Crippen MR) is 137 cm³/mol. The Morgan fingerprint density at radius 3 is 2.62 bits per heavy atom. The van der Waals surface area contributed by atoms with Crippen LogP contribution in [0.3, 0.4) is 0 Å². The second-order valence-corrected chi connectivity index (χ2v) is 10.3. The molecule has 6 heterocycles. The fourth-order valence-electron chi connectivity index (χ4n) is 5.88. The minimum atomic E-state index is 0.174. The third-order valence-electron chi connectivity index (χ3n) is 7.40. The highest BCUT2D eigenvalue weighted by Crippen LogP contribution is 2.43. The monoisotopic (exact) mass is 496 g/mol. The van der Waals surface area contributed by atoms with Crippen LogP contribution in [0.1, 0.15) is 63.6 Å². The number of pyridine rings is 2. The number of carbonyl (C=O) groups is 1. The molecule has 2 fully saturated rings. The topological polar surface area (TPSA) is 126 Å². The standard InChI is InChI=1S/C27H28N8O2/c1-15(2)32-24-10-26(35-27-19(13-31-35)6-17(11-28)12-30-27)29-14-22(24)25-9-23(33-37-25)18-7-20-4-5-21(8-18)34(20)16(3)36/h6,9-10,12-15,18,20-21H,4-5,7-8H2,1-3H3,(H,29,32). The van der Waals surface area contributed by atoms with E-state index in [1.54, 1.807) is 30.1 Å². The van der Waals surface area contributed by atoms with Gasteiger partial charge in [-0.3, -0.25) is 4.79 Å². The molecule has 2 aliphatic heterocycles. The van der Waals surface area contributed by atoms with Crippen molar-refractivity contribution >= 4 is 22.6 Å². The summed E-state index contributed by atoms with van der Waals surface area (Å²) < 4.78 is 7.50. The van der Waals surface area contributed by atoms with Crippen LogP contribution >= 0.6 is 0 Å². The van der Waals surface area contributed by atoms with Gasteiger partial charge in [-0.05, 0) is 45.6 Å². The summed E-state index contributed by atoms with van der Waals surface area (Å²) in [7, 11) is 0. The van der Waals surface area contributed by atoms with E-state index in [1.165, 1.54) is 6.20 Å². The largest absolute Gasteiger partial charge is 0.382 e. The van der Waals surface area contributed by atoms with Crippen LogP contribution in [-0.4, -0.2) is 53.8 Å². The van der Waals surface area contributed by atoms with Crippen molar-refractivity contribution < 1.29 is 9.32 Å². The number of hydrogen-bond donors (Lipinski definition) is 1. The number of nitrogens with zero attached hydrogens (tertiary/aromatic N) is 7. The summed E-state index contributed by atoms with van der Waals surface area (Å²) in [5, 5.41) is 22.3. The van der Waals surface area contributed by atoms with Crippen LogP contribution in [0.2, 0.25) is 0 Å². The zero-order valence-electron chi connectivity index (χ0n) is 21.0. The minimum Gasteiger partial charge on any atom is -0.382 e. The molecule has 1 amide bonds. The van der Waals surface area contributed by atoms with E-state index in [0.717, 1.165) is 48.0 Å². The van der Waals surface area contributed by atoms with E-state index < -0.39 is 0 Å². The summed E-state index contributed by atoms with van der Waals surface area (Å²) in [6.07, 6.45) is 8.95. The summed E-state index contributed by atoms with van der Waals surface area (Å²) in [6, 6.07) is 8.57. The van der Waals surface area contributed by atoms with E-state index in [4.69, 9.17) is 9.78 Å². The number of piperidine rings is 1. The molecule has 0 aliphatic carbocycles. The lowest BCUT2D eigenvalue weighted by Crippen LogP contribution is -2.44. The van der Waals surface area contributed by atoms with Crippen molar-refractivity contribution in [2.24, 2.45) is 0 Å². The van der Waals surface area contributed by atoms with E-state index >= 15 is 0 Å². The van der Waals surface area contributed by atoms with E-state index in [0.29, 0.717) is 34.9 Å². The molecule has 4 aromatic heterocycles. The van der Waals surface area contributed by atoms with Gasteiger partial charge >= 0.3 is 0 Å². The van der Waals surface area contributed by atoms with Crippen molar-refractivity contribution in [3.8, 4) is 23.2 Å². The number of fused-ring (bicyclic) bond motifs is 3. The van der Waals surface area contributed by atoms with Crippen LogP contribution < -0.4 is 5.32 Å². The summed E-state index contributed by atoms with van der Waals surface area (Å²) in [6.45, 7) is 5.82. The molecule has 4 aromatic rings. The van der Waals surface area contributed by atoms with Crippen LogP contribution in [0.4, 0.5) is 5.69 Å². The highest BCUT2D eigenvalue weighted by atomic mass is 16.5. The molecule has 1 N–H and O–H groups in total. The highest BCUT2D eigenvalue weighted by Gasteiger charge is 2.43. The second-order valence-electron chi connectivity index (χ2n) is 10.3. The molecule has 0 saturated carbocycles. The van der Waals surface area contributed by atoms with Crippen LogP contribution in [0.15, 0.2) is 41.3 Å². The summed E-state index contributed by atoms with van der Waals surface area (Å²) >= 11 is 0. The summed E-state index contributed by atoms with van der Waals surface area (Å²) in [5.41, 5.74) is 3.72. The molecule has 2 bridgehead atoms. The molecule has 2 atom stereocenters. The molecule has 188 valence electrons. The van der Waals surface area contributed by atoms with E-state index in [9.17, 15) is 4.79 Å². The number of nitrogens with one attached hydrogen (secondary N) is 1. The molecule has 37 heavy (non-hydrogen) atoms. The van der Waals surface area contributed by atoms with Gasteiger partial charge in [-0.25, -0.2) is 9.97 Å². The molecule has 0 aromatic carbocycles. The van der Waals surface area contributed by atoms with Gasteiger partial charge in [0.15, 0.2) is 17.2 Å². The number of carbonyl (C=O) groups excluding carboxylic acids is 1. The van der Waals surface area contributed by atoms with Gasteiger partial charge in [0.1, 0.15) is 6.07 Å². The number of anilines is 1. The van der Waals surface area contributed by atoms with Crippen molar-refractivity contribution in [2.75, 3.05) is 5.32 Å². The van der Waals surface area contributed by atoms with Gasteiger partial charge in [-0.1, -0.05) is 5.16 Å². The third-order valence-corrected chi connectivity index (χ3v) is 7.40. The first-order chi connectivity index (χ1) is 17.9. The Kier molecular flexibility index (Phi) is 5.63. The third kappa shape index (κ3) is 4.10. The molecular formula is C27H28N8O2. The van der Waals surface area contributed by atoms with Gasteiger partial charge in [-0.15, -0.1) is 0 Å². The fourth-order valence-corrected chi connectivity index (χ4v) is 5.88. The molecular weight excluding hydrogens is 468 g/mol. The number of rotatable bonds is 5. The van der Waals surface area contributed by atoms with Crippen LogP contribution in [-0.2, 0) is 4.79 Å². The van der Waals surface area contributed by atoms with Crippen molar-refractivity contribution in [3.05, 3.63) is 48.0 Å². The van der Waals surface area contributed by atoms with Crippen LogP contribution in [0, 0.1) is 11.3 Å². The Morgan fingerprint density at radius 2 is 1.92 bits per heavy atom. The zero-order chi connectivity index (χ0) is 25.7. The lowest BCUT2D eigenvalue weighted by atomic mass is 9.88. The van der Waals surface area contributed by atoms with Crippen molar-refractivity contribution in [3.63, 3.8) is 0 Å². The quantitative estimate of drug-likeness (QED) is 0.430. The molecule has 2 aliphatic rings. The van der Waals surface area contributed by atoms with Crippen molar-refractivity contribution in [1.29, 1.82) is 5.26 Å². The minimum absolute atomic E-state index is 0.174. The maximum absolute atomic E-state index is 12.1. The molecule has 2 saturated heterocycles. The Morgan fingerprint density at radius 1 is 1.14 bits per heavy atom. The molecule has 0 radical (unpaired) electrons. The molecule has 10 heteroatoms. The summed E-state index contributed by atoms with van der Waals surface area (Å²) in [5.74, 6) is 1.71. The summed E-state index contributed by atoms with van der Waals surface area (Å²) in [4.78, 5) is 23.2. The first-order valence-corrected chi connectivity index (χ1v) is 12.7. The molecule has 2 unspecified atom stereocenters. The lowest BCUT2D eigenvalue weighted by Gasteiger charge is -2.37. The van der Waals surface area contributed by atoms with Crippen molar-refractivity contribution in [2.45, 2.75) is 70.5 Å². The second kappa shape index (κ2) is 9.00. The Balaban J connectivity index is 1.32. The average Bonchev–Trinajstić information content (AvgIpc) is 3.59. The number of hydrogen-bond acceptors (Lipinski definition) is 8. The fraction of sp³-hybridized carbons (Fsp3) is 0.407. The smallest absolute Gasteiger partial charge is 0.219 e. The Labute approximate surface area is 214 Å². The van der Waals surface area contributed by atoms with Crippen LogP contribution in [0.25, 0.3) is 28.2 Å². The van der Waals surface area contributed by atoms with Gasteiger partial charge in [-0.2, -0.15) is 15.0 Å². The molecule has 6 rings (SSSR count). The van der Waals surface area contributed by atoms with E-state index in [2.05, 4.69) is 50.4 Å². The number of amides is 1.